The largest absolute Gasteiger partial charge is 0.370 e. The van der Waals surface area contributed by atoms with Gasteiger partial charge in [-0.1, -0.05) is 60.7 Å². The third-order valence-corrected chi connectivity index (χ3v) is 5.90. The first-order chi connectivity index (χ1) is 12.9. The summed E-state index contributed by atoms with van der Waals surface area (Å²) < 4.78 is 33.0. The average molecular weight is 388 g/mol. The molecule has 0 radical (unpaired) electrons. The first kappa shape index (κ1) is 19.5. The lowest BCUT2D eigenvalue weighted by Crippen LogP contribution is -2.51. The number of hydrogen-bond donors (Lipinski definition) is 1. The molecule has 0 bridgehead atoms. The molecule has 7 heteroatoms. The van der Waals surface area contributed by atoms with Gasteiger partial charge in [-0.3, -0.25) is 4.79 Å². The predicted molar refractivity (Wildman–Crippen MR) is 103 cm³/mol. The van der Waals surface area contributed by atoms with E-state index in [0.717, 1.165) is 5.56 Å². The minimum absolute atomic E-state index is 0.152. The first-order valence-electron chi connectivity index (χ1n) is 8.94. The molecule has 0 aromatic heterocycles. The van der Waals surface area contributed by atoms with E-state index in [-0.39, 0.29) is 17.8 Å². The monoisotopic (exact) mass is 388 g/mol. The van der Waals surface area contributed by atoms with E-state index in [9.17, 15) is 13.2 Å². The van der Waals surface area contributed by atoms with Crippen molar-refractivity contribution in [1.82, 2.24) is 9.62 Å². The Hall–Kier alpha value is -2.22. The van der Waals surface area contributed by atoms with Crippen LogP contribution in [0.1, 0.15) is 24.2 Å². The maximum atomic E-state index is 12.7. The Kier molecular flexibility index (Phi) is 6.26. The third kappa shape index (κ3) is 5.38. The number of sulfonamides is 1. The van der Waals surface area contributed by atoms with Crippen molar-refractivity contribution in [3.63, 3.8) is 0 Å². The Balaban J connectivity index is 1.61. The van der Waals surface area contributed by atoms with E-state index in [0.29, 0.717) is 25.3 Å². The van der Waals surface area contributed by atoms with Crippen molar-refractivity contribution in [2.45, 2.75) is 24.8 Å². The molecule has 1 unspecified atom stereocenters. The smallest absolute Gasteiger partial charge is 0.240 e. The van der Waals surface area contributed by atoms with Crippen LogP contribution in [0.5, 0.6) is 0 Å². The van der Waals surface area contributed by atoms with Crippen LogP contribution < -0.4 is 4.72 Å². The number of rotatable bonds is 6. The van der Waals surface area contributed by atoms with Gasteiger partial charge in [-0.25, -0.2) is 13.1 Å². The van der Waals surface area contributed by atoms with Crippen LogP contribution in [0.2, 0.25) is 0 Å². The number of carbonyl (C=O) groups is 1. The lowest BCUT2D eigenvalue weighted by molar-refractivity contribution is -0.140. The van der Waals surface area contributed by atoms with Gasteiger partial charge in [0, 0.05) is 6.54 Å². The Bertz CT molecular complexity index is 856. The minimum atomic E-state index is -3.61. The summed E-state index contributed by atoms with van der Waals surface area (Å²) in [6.45, 7) is 2.87. The molecule has 0 saturated carbocycles. The Morgan fingerprint density at radius 3 is 2.44 bits per heavy atom. The number of benzene rings is 2. The zero-order valence-corrected chi connectivity index (χ0v) is 16.1. The molecule has 1 N–H and O–H groups in total. The number of nitrogens with one attached hydrogen (secondary N) is 1. The molecule has 27 heavy (non-hydrogen) atoms. The zero-order valence-electron chi connectivity index (χ0n) is 15.2. The number of carbonyl (C=O) groups excluding carboxylic acids is 1. The fourth-order valence-corrected chi connectivity index (χ4v) is 4.50. The van der Waals surface area contributed by atoms with Gasteiger partial charge in [0.05, 0.1) is 24.9 Å². The highest BCUT2D eigenvalue weighted by Gasteiger charge is 2.30. The Morgan fingerprint density at radius 2 is 1.78 bits per heavy atom. The predicted octanol–water partition coefficient (Wildman–Crippen LogP) is 2.09. The van der Waals surface area contributed by atoms with Crippen LogP contribution in [-0.2, 0) is 25.3 Å². The summed E-state index contributed by atoms with van der Waals surface area (Å²) in [7, 11) is -3.61. The van der Waals surface area contributed by atoms with Crippen LogP contribution in [0, 0.1) is 0 Å². The SMILES string of the molecule is C[C@@H](NS(=O)(=O)Cc1ccccc1)C(=O)N1CCOC(c2ccccc2)C1. The summed E-state index contributed by atoms with van der Waals surface area (Å²) in [4.78, 5) is 14.4. The molecule has 1 aliphatic heterocycles. The van der Waals surface area contributed by atoms with E-state index in [1.807, 2.05) is 36.4 Å². The molecule has 1 amide bonds. The molecule has 3 rings (SSSR count). The van der Waals surface area contributed by atoms with E-state index in [2.05, 4.69) is 4.72 Å². The standard InChI is InChI=1S/C20H24N2O4S/c1-16(21-27(24,25)15-17-8-4-2-5-9-17)20(23)22-12-13-26-19(14-22)18-10-6-3-7-11-18/h2-11,16,19,21H,12-15H2,1H3/t16-,19?/m1/s1. The molecular weight excluding hydrogens is 364 g/mol. The van der Waals surface area contributed by atoms with Gasteiger partial charge in [0.1, 0.15) is 6.10 Å². The third-order valence-electron chi connectivity index (χ3n) is 4.48. The summed E-state index contributed by atoms with van der Waals surface area (Å²) in [6, 6.07) is 17.8. The number of morpholine rings is 1. The van der Waals surface area contributed by atoms with Gasteiger partial charge in [0.25, 0.3) is 0 Å². The second-order valence-electron chi connectivity index (χ2n) is 6.64. The van der Waals surface area contributed by atoms with Gasteiger partial charge < -0.3 is 9.64 Å². The van der Waals surface area contributed by atoms with E-state index in [1.54, 1.807) is 36.1 Å². The average Bonchev–Trinajstić information content (AvgIpc) is 2.68. The fraction of sp³-hybridized carbons (Fsp3) is 0.350. The Labute approximate surface area is 160 Å². The summed E-state index contributed by atoms with van der Waals surface area (Å²) in [5.41, 5.74) is 1.69. The van der Waals surface area contributed by atoms with Gasteiger partial charge in [-0.05, 0) is 18.1 Å². The molecule has 6 nitrogen and oxygen atoms in total. The summed E-state index contributed by atoms with van der Waals surface area (Å²) in [5, 5.41) is 0. The van der Waals surface area contributed by atoms with Gasteiger partial charge in [-0.2, -0.15) is 0 Å². The maximum Gasteiger partial charge on any atom is 0.240 e. The molecule has 144 valence electrons. The quantitative estimate of drug-likeness (QED) is 0.822. The normalized spacial score (nSPS) is 18.9. The lowest BCUT2D eigenvalue weighted by Gasteiger charge is -2.34. The van der Waals surface area contributed by atoms with Crippen molar-refractivity contribution in [3.05, 3.63) is 71.8 Å². The van der Waals surface area contributed by atoms with Crippen molar-refractivity contribution >= 4 is 15.9 Å². The van der Waals surface area contributed by atoms with Crippen LogP contribution in [0.4, 0.5) is 0 Å². The molecule has 1 aliphatic rings. The number of hydrogen-bond acceptors (Lipinski definition) is 4. The molecule has 1 heterocycles. The summed E-state index contributed by atoms with van der Waals surface area (Å²) in [6.07, 6.45) is -0.197. The fourth-order valence-electron chi connectivity index (χ4n) is 3.15. The topological polar surface area (TPSA) is 75.7 Å². The van der Waals surface area contributed by atoms with E-state index in [1.165, 1.54) is 0 Å². The van der Waals surface area contributed by atoms with Crippen LogP contribution in [0.3, 0.4) is 0 Å². The van der Waals surface area contributed by atoms with Gasteiger partial charge in [0.2, 0.25) is 15.9 Å². The molecule has 1 saturated heterocycles. The van der Waals surface area contributed by atoms with Crippen LogP contribution in [0.25, 0.3) is 0 Å². The van der Waals surface area contributed by atoms with Crippen LogP contribution >= 0.6 is 0 Å². The molecular formula is C20H24N2O4S. The molecule has 1 fully saturated rings. The highest BCUT2D eigenvalue weighted by Crippen LogP contribution is 2.22. The van der Waals surface area contributed by atoms with Crippen molar-refractivity contribution in [3.8, 4) is 0 Å². The van der Waals surface area contributed by atoms with Gasteiger partial charge >= 0.3 is 0 Å². The van der Waals surface area contributed by atoms with E-state index in [4.69, 9.17) is 4.74 Å². The van der Waals surface area contributed by atoms with Crippen molar-refractivity contribution in [2.24, 2.45) is 0 Å². The molecule has 0 spiro atoms. The highest BCUT2D eigenvalue weighted by molar-refractivity contribution is 7.88. The summed E-state index contributed by atoms with van der Waals surface area (Å²) in [5.74, 6) is -0.392. The van der Waals surface area contributed by atoms with Crippen LogP contribution in [-0.4, -0.2) is 45.0 Å². The van der Waals surface area contributed by atoms with Gasteiger partial charge in [-0.15, -0.1) is 0 Å². The Morgan fingerprint density at radius 1 is 1.15 bits per heavy atom. The lowest BCUT2D eigenvalue weighted by atomic mass is 10.1. The second-order valence-corrected chi connectivity index (χ2v) is 8.39. The van der Waals surface area contributed by atoms with Gasteiger partial charge in [0.15, 0.2) is 0 Å². The number of amides is 1. The second kappa shape index (κ2) is 8.65. The summed E-state index contributed by atoms with van der Waals surface area (Å²) >= 11 is 0. The van der Waals surface area contributed by atoms with E-state index < -0.39 is 16.1 Å². The van der Waals surface area contributed by atoms with Crippen LogP contribution in [0.15, 0.2) is 60.7 Å². The van der Waals surface area contributed by atoms with Crippen molar-refractivity contribution in [2.75, 3.05) is 19.7 Å². The molecule has 2 aromatic rings. The zero-order chi connectivity index (χ0) is 19.3. The first-order valence-corrected chi connectivity index (χ1v) is 10.6. The molecule has 2 atom stereocenters. The minimum Gasteiger partial charge on any atom is -0.370 e. The molecule has 0 aliphatic carbocycles. The number of ether oxygens (including phenoxy) is 1. The van der Waals surface area contributed by atoms with Crippen molar-refractivity contribution < 1.29 is 17.9 Å². The number of nitrogens with zero attached hydrogens (tertiary/aromatic N) is 1. The highest BCUT2D eigenvalue weighted by atomic mass is 32.2. The van der Waals surface area contributed by atoms with E-state index >= 15 is 0 Å². The van der Waals surface area contributed by atoms with Crippen molar-refractivity contribution in [1.29, 1.82) is 0 Å². The maximum absolute atomic E-state index is 12.7. The molecule has 2 aromatic carbocycles.